The summed E-state index contributed by atoms with van der Waals surface area (Å²) in [5.74, 6) is 0.170. The van der Waals surface area contributed by atoms with E-state index in [-0.39, 0.29) is 18.9 Å². The molecule has 2 aromatic carbocycles. The maximum atomic E-state index is 12.1. The predicted octanol–water partition coefficient (Wildman–Crippen LogP) is 3.45. The fourth-order valence-corrected chi connectivity index (χ4v) is 3.53. The number of methoxy groups -OCH3 is 1. The zero-order valence-electron chi connectivity index (χ0n) is 14.8. The molecule has 1 N–H and O–H groups in total. The van der Waals surface area contributed by atoms with Crippen LogP contribution in [0.3, 0.4) is 0 Å². The molecule has 0 spiro atoms. The second kappa shape index (κ2) is 8.42. The van der Waals surface area contributed by atoms with E-state index >= 15 is 0 Å². The fourth-order valence-electron chi connectivity index (χ4n) is 2.36. The number of ether oxygens (including phenoxy) is 1. The van der Waals surface area contributed by atoms with Crippen molar-refractivity contribution in [1.82, 2.24) is 0 Å². The lowest BCUT2D eigenvalue weighted by molar-refractivity contribution is -0.116. The molecule has 2 rings (SSSR count). The summed E-state index contributed by atoms with van der Waals surface area (Å²) in [6, 6.07) is 12.0. The number of amides is 1. The molecule has 0 fully saturated rings. The van der Waals surface area contributed by atoms with Crippen LogP contribution >= 0.6 is 11.6 Å². The summed E-state index contributed by atoms with van der Waals surface area (Å²) in [5, 5.41) is 3.04. The van der Waals surface area contributed by atoms with Gasteiger partial charge in [-0.1, -0.05) is 29.3 Å². The lowest BCUT2D eigenvalue weighted by Gasteiger charge is -2.22. The highest BCUT2D eigenvalue weighted by Crippen LogP contribution is 2.30. The molecule has 0 saturated heterocycles. The number of hydrogen-bond acceptors (Lipinski definition) is 4. The Morgan fingerprint density at radius 2 is 1.85 bits per heavy atom. The van der Waals surface area contributed by atoms with Gasteiger partial charge in [0.1, 0.15) is 5.75 Å². The van der Waals surface area contributed by atoms with Crippen molar-refractivity contribution in [2.45, 2.75) is 13.3 Å². The minimum absolute atomic E-state index is 0.000808. The highest BCUT2D eigenvalue weighted by Gasteiger charge is 2.20. The van der Waals surface area contributed by atoms with Crippen LogP contribution in [0.2, 0.25) is 5.02 Å². The van der Waals surface area contributed by atoms with Gasteiger partial charge in [0.2, 0.25) is 15.9 Å². The molecular weight excluding hydrogens is 376 g/mol. The molecule has 0 saturated carbocycles. The summed E-state index contributed by atoms with van der Waals surface area (Å²) in [5.41, 5.74) is 2.13. The Balaban J connectivity index is 2.10. The molecule has 26 heavy (non-hydrogen) atoms. The molecule has 0 unspecified atom stereocenters. The van der Waals surface area contributed by atoms with Gasteiger partial charge in [0.05, 0.1) is 24.1 Å². The number of sulfonamides is 1. The number of carbonyl (C=O) groups is 1. The van der Waals surface area contributed by atoms with Crippen molar-refractivity contribution >= 4 is 38.9 Å². The topological polar surface area (TPSA) is 75.7 Å². The Morgan fingerprint density at radius 3 is 2.38 bits per heavy atom. The fraction of sp³-hybridized carbons (Fsp3) is 0.278. The Kier molecular flexibility index (Phi) is 6.50. The number of hydrogen-bond donors (Lipinski definition) is 1. The van der Waals surface area contributed by atoms with Gasteiger partial charge in [-0.15, -0.1) is 0 Å². The summed E-state index contributed by atoms with van der Waals surface area (Å²) in [4.78, 5) is 12.1. The van der Waals surface area contributed by atoms with E-state index in [0.29, 0.717) is 22.1 Å². The zero-order valence-corrected chi connectivity index (χ0v) is 16.4. The number of anilines is 2. The number of halogens is 1. The average molecular weight is 397 g/mol. The maximum absolute atomic E-state index is 12.1. The van der Waals surface area contributed by atoms with Gasteiger partial charge in [0.25, 0.3) is 0 Å². The molecule has 0 heterocycles. The van der Waals surface area contributed by atoms with Crippen LogP contribution in [0.15, 0.2) is 42.5 Å². The van der Waals surface area contributed by atoms with Crippen LogP contribution in [0.5, 0.6) is 5.75 Å². The summed E-state index contributed by atoms with van der Waals surface area (Å²) in [7, 11) is -2.10. The van der Waals surface area contributed by atoms with Crippen molar-refractivity contribution in [3.05, 3.63) is 53.1 Å². The van der Waals surface area contributed by atoms with Crippen molar-refractivity contribution in [2.24, 2.45) is 0 Å². The molecule has 0 bridgehead atoms. The smallest absolute Gasteiger partial charge is 0.232 e. The largest absolute Gasteiger partial charge is 0.495 e. The minimum atomic E-state index is -3.57. The Hall–Kier alpha value is -2.25. The standard InChI is InChI=1S/C18H21ClN2O4S/c1-13-4-6-14(7-5-13)20-18(22)10-11-21(26(3,23)24)15-8-9-17(25-2)16(19)12-15/h4-9,12H,10-11H2,1-3H3,(H,20,22). The van der Waals surface area contributed by atoms with Crippen LogP contribution in [0, 0.1) is 6.92 Å². The first kappa shape index (κ1) is 20.1. The number of rotatable bonds is 7. The third-order valence-corrected chi connectivity index (χ3v) is 5.19. The third kappa shape index (κ3) is 5.37. The first-order valence-electron chi connectivity index (χ1n) is 7.88. The second-order valence-corrected chi connectivity index (χ2v) is 8.13. The van der Waals surface area contributed by atoms with E-state index in [1.165, 1.54) is 13.2 Å². The molecular formula is C18H21ClN2O4S. The van der Waals surface area contributed by atoms with Crippen molar-refractivity contribution in [2.75, 3.05) is 29.5 Å². The van der Waals surface area contributed by atoms with Crippen LogP contribution in [-0.2, 0) is 14.8 Å². The normalized spacial score (nSPS) is 11.1. The molecule has 0 aliphatic carbocycles. The molecule has 0 radical (unpaired) electrons. The maximum Gasteiger partial charge on any atom is 0.232 e. The highest BCUT2D eigenvalue weighted by molar-refractivity contribution is 7.92. The van der Waals surface area contributed by atoms with Crippen LogP contribution in [0.1, 0.15) is 12.0 Å². The van der Waals surface area contributed by atoms with Gasteiger partial charge in [0.15, 0.2) is 0 Å². The number of nitrogens with one attached hydrogen (secondary N) is 1. The average Bonchev–Trinajstić information content (AvgIpc) is 2.56. The summed E-state index contributed by atoms with van der Waals surface area (Å²) < 4.78 is 30.5. The quantitative estimate of drug-likeness (QED) is 0.777. The van der Waals surface area contributed by atoms with Crippen LogP contribution in [0.4, 0.5) is 11.4 Å². The first-order chi connectivity index (χ1) is 12.2. The molecule has 0 atom stereocenters. The lowest BCUT2D eigenvalue weighted by atomic mass is 10.2. The van der Waals surface area contributed by atoms with Gasteiger partial charge < -0.3 is 10.1 Å². The monoisotopic (exact) mass is 396 g/mol. The van der Waals surface area contributed by atoms with Gasteiger partial charge >= 0.3 is 0 Å². The Morgan fingerprint density at radius 1 is 1.19 bits per heavy atom. The number of benzene rings is 2. The third-order valence-electron chi connectivity index (χ3n) is 3.70. The van der Waals surface area contributed by atoms with Crippen molar-refractivity contribution in [1.29, 1.82) is 0 Å². The summed E-state index contributed by atoms with van der Waals surface area (Å²) >= 11 is 6.08. The van der Waals surface area contributed by atoms with Crippen LogP contribution in [0.25, 0.3) is 0 Å². The van der Waals surface area contributed by atoms with E-state index in [0.717, 1.165) is 16.1 Å². The van der Waals surface area contributed by atoms with Crippen LogP contribution in [-0.4, -0.2) is 34.2 Å². The van der Waals surface area contributed by atoms with Gasteiger partial charge in [-0.05, 0) is 37.3 Å². The van der Waals surface area contributed by atoms with Gasteiger partial charge in [-0.25, -0.2) is 8.42 Å². The Bertz CT molecular complexity index is 883. The van der Waals surface area contributed by atoms with Crippen molar-refractivity contribution in [3.8, 4) is 5.75 Å². The number of aryl methyl sites for hydroxylation is 1. The van der Waals surface area contributed by atoms with E-state index < -0.39 is 10.0 Å². The molecule has 6 nitrogen and oxygen atoms in total. The van der Waals surface area contributed by atoms with E-state index in [1.54, 1.807) is 24.3 Å². The minimum Gasteiger partial charge on any atom is -0.495 e. The molecule has 0 aliphatic heterocycles. The van der Waals surface area contributed by atoms with Crippen molar-refractivity contribution < 1.29 is 17.9 Å². The van der Waals surface area contributed by atoms with Crippen molar-refractivity contribution in [3.63, 3.8) is 0 Å². The first-order valence-corrected chi connectivity index (χ1v) is 10.1. The van der Waals surface area contributed by atoms with Gasteiger partial charge in [-0.2, -0.15) is 0 Å². The predicted molar refractivity (Wildman–Crippen MR) is 105 cm³/mol. The molecule has 0 aliphatic rings. The van der Waals surface area contributed by atoms with Crippen LogP contribution < -0.4 is 14.4 Å². The number of carbonyl (C=O) groups excluding carboxylic acids is 1. The molecule has 8 heteroatoms. The van der Waals surface area contributed by atoms with E-state index in [4.69, 9.17) is 16.3 Å². The molecule has 0 aromatic heterocycles. The van der Waals surface area contributed by atoms with Gasteiger partial charge in [0, 0.05) is 18.7 Å². The molecule has 140 valence electrons. The second-order valence-electron chi connectivity index (χ2n) is 5.82. The SMILES string of the molecule is COc1ccc(N(CCC(=O)Nc2ccc(C)cc2)S(C)(=O)=O)cc1Cl. The van der Waals surface area contributed by atoms with E-state index in [2.05, 4.69) is 5.32 Å². The zero-order chi connectivity index (χ0) is 19.3. The lowest BCUT2D eigenvalue weighted by Crippen LogP contribution is -2.33. The summed E-state index contributed by atoms with van der Waals surface area (Å²) in [6.45, 7) is 1.95. The summed E-state index contributed by atoms with van der Waals surface area (Å²) in [6.07, 6.45) is 1.09. The van der Waals surface area contributed by atoms with E-state index in [9.17, 15) is 13.2 Å². The molecule has 1 amide bonds. The molecule has 2 aromatic rings. The highest BCUT2D eigenvalue weighted by atomic mass is 35.5. The van der Waals surface area contributed by atoms with E-state index in [1.807, 2.05) is 19.1 Å². The number of nitrogens with zero attached hydrogens (tertiary/aromatic N) is 1. The Labute approximate surface area is 158 Å². The van der Waals surface area contributed by atoms with Gasteiger partial charge in [-0.3, -0.25) is 9.10 Å².